The molecule has 1 aliphatic heterocycles. The number of hydrogen-bond acceptors (Lipinski definition) is 6. The molecule has 3 rings (SSSR count). The molecule has 0 N–H and O–H groups in total. The van der Waals surface area contributed by atoms with Crippen LogP contribution in [0.25, 0.3) is 0 Å². The van der Waals surface area contributed by atoms with Crippen LogP contribution in [-0.4, -0.2) is 40.7 Å². The highest BCUT2D eigenvalue weighted by atomic mass is 32.1. The molecule has 0 spiro atoms. The fourth-order valence-electron chi connectivity index (χ4n) is 2.37. The van der Waals surface area contributed by atoms with E-state index in [1.165, 1.54) is 0 Å². The first kappa shape index (κ1) is 14.2. The molecular weight excluding hydrogens is 290 g/mol. The molecule has 0 aliphatic carbocycles. The zero-order chi connectivity index (χ0) is 14.8. The Bertz CT molecular complexity index is 611. The maximum absolute atomic E-state index is 12.6. The number of ether oxygens (including phenoxy) is 1. The first-order chi connectivity index (χ1) is 10.1. The molecule has 3 heterocycles. The van der Waals surface area contributed by atoms with Crippen molar-refractivity contribution in [2.75, 3.05) is 19.7 Å². The Morgan fingerprint density at radius 3 is 3.05 bits per heavy atom. The van der Waals surface area contributed by atoms with E-state index in [2.05, 4.69) is 10.2 Å². The van der Waals surface area contributed by atoms with Gasteiger partial charge >= 0.3 is 0 Å². The van der Waals surface area contributed by atoms with Gasteiger partial charge in [0.15, 0.2) is 6.10 Å². The second kappa shape index (κ2) is 5.95. The largest absolute Gasteiger partial charge is 0.423 e. The molecule has 2 unspecified atom stereocenters. The van der Waals surface area contributed by atoms with Crippen LogP contribution >= 0.6 is 11.3 Å². The Balaban J connectivity index is 1.69. The summed E-state index contributed by atoms with van der Waals surface area (Å²) in [4.78, 5) is 15.5. The number of carbonyl (C=O) groups is 1. The van der Waals surface area contributed by atoms with Crippen LogP contribution in [0, 0.1) is 6.92 Å². The number of rotatable bonds is 3. The van der Waals surface area contributed by atoms with Gasteiger partial charge in [0.05, 0.1) is 19.1 Å². The molecule has 1 saturated heterocycles. The van der Waals surface area contributed by atoms with Crippen molar-refractivity contribution in [3.8, 4) is 0 Å². The summed E-state index contributed by atoms with van der Waals surface area (Å²) in [6, 6.07) is 3.96. The van der Waals surface area contributed by atoms with Crippen molar-refractivity contribution in [3.63, 3.8) is 0 Å². The van der Waals surface area contributed by atoms with Crippen LogP contribution in [-0.2, 0) is 9.53 Å². The molecule has 112 valence electrons. The Morgan fingerprint density at radius 2 is 2.38 bits per heavy atom. The third kappa shape index (κ3) is 2.98. The van der Waals surface area contributed by atoms with Gasteiger partial charge in [-0.05, 0) is 18.4 Å². The minimum Gasteiger partial charge on any atom is -0.423 e. The van der Waals surface area contributed by atoms with E-state index >= 15 is 0 Å². The second-order valence-electron chi connectivity index (χ2n) is 5.04. The predicted octanol–water partition coefficient (Wildman–Crippen LogP) is 2.14. The van der Waals surface area contributed by atoms with Crippen molar-refractivity contribution in [1.29, 1.82) is 0 Å². The van der Waals surface area contributed by atoms with Crippen LogP contribution in [0.2, 0.25) is 0 Å². The Labute approximate surface area is 126 Å². The smallest absolute Gasteiger partial charge is 0.246 e. The summed E-state index contributed by atoms with van der Waals surface area (Å²) >= 11 is 1.60. The number of amides is 1. The molecule has 0 saturated carbocycles. The first-order valence-corrected chi connectivity index (χ1v) is 7.77. The van der Waals surface area contributed by atoms with Crippen LogP contribution in [0.4, 0.5) is 0 Å². The molecule has 6 nitrogen and oxygen atoms in total. The van der Waals surface area contributed by atoms with Gasteiger partial charge in [0.2, 0.25) is 17.7 Å². The maximum Gasteiger partial charge on any atom is 0.246 e. The van der Waals surface area contributed by atoms with E-state index in [1.807, 2.05) is 29.3 Å². The third-order valence-corrected chi connectivity index (χ3v) is 4.59. The van der Waals surface area contributed by atoms with Crippen LogP contribution in [0.3, 0.4) is 0 Å². The van der Waals surface area contributed by atoms with Crippen molar-refractivity contribution >= 4 is 17.2 Å². The third-order valence-electron chi connectivity index (χ3n) is 3.54. The molecule has 2 atom stereocenters. The van der Waals surface area contributed by atoms with Crippen molar-refractivity contribution in [1.82, 2.24) is 15.1 Å². The normalized spacial score (nSPS) is 20.5. The molecule has 1 amide bonds. The van der Waals surface area contributed by atoms with Crippen molar-refractivity contribution < 1.29 is 13.9 Å². The summed E-state index contributed by atoms with van der Waals surface area (Å²) in [5.41, 5.74) is 0. The maximum atomic E-state index is 12.6. The predicted molar refractivity (Wildman–Crippen MR) is 77.0 cm³/mol. The lowest BCUT2D eigenvalue weighted by Crippen LogP contribution is -2.44. The summed E-state index contributed by atoms with van der Waals surface area (Å²) in [7, 11) is 0. The minimum atomic E-state index is -0.334. The lowest BCUT2D eigenvalue weighted by molar-refractivity contribution is -0.141. The van der Waals surface area contributed by atoms with Crippen molar-refractivity contribution in [2.24, 2.45) is 0 Å². The highest BCUT2D eigenvalue weighted by molar-refractivity contribution is 7.10. The molecule has 2 aromatic heterocycles. The van der Waals surface area contributed by atoms with Crippen molar-refractivity contribution in [3.05, 3.63) is 34.2 Å². The van der Waals surface area contributed by atoms with Gasteiger partial charge in [-0.25, -0.2) is 0 Å². The molecule has 0 aromatic carbocycles. The number of morpholine rings is 1. The van der Waals surface area contributed by atoms with Gasteiger partial charge in [-0.3, -0.25) is 4.79 Å². The monoisotopic (exact) mass is 307 g/mol. The van der Waals surface area contributed by atoms with E-state index in [0.29, 0.717) is 31.5 Å². The number of nitrogens with zero attached hydrogens (tertiary/aromatic N) is 3. The lowest BCUT2D eigenvalue weighted by atomic mass is 10.1. The number of thiophene rings is 1. The van der Waals surface area contributed by atoms with Gasteiger partial charge in [0.1, 0.15) is 0 Å². The Hall–Kier alpha value is -1.73. The van der Waals surface area contributed by atoms with Crippen LogP contribution < -0.4 is 0 Å². The molecule has 1 aliphatic rings. The quantitative estimate of drug-likeness (QED) is 0.869. The van der Waals surface area contributed by atoms with E-state index in [0.717, 1.165) is 4.88 Å². The standard InChI is InChI=1S/C14H17N3O3S/c1-9(12-4-3-7-21-12)14(18)17-5-6-19-11(8-17)13-16-15-10(2)20-13/h3-4,7,9,11H,5-6,8H2,1-2H3. The summed E-state index contributed by atoms with van der Waals surface area (Å²) in [6.45, 7) is 5.21. The zero-order valence-electron chi connectivity index (χ0n) is 12.0. The fourth-order valence-corrected chi connectivity index (χ4v) is 3.15. The molecular formula is C14H17N3O3S. The highest BCUT2D eigenvalue weighted by Crippen LogP contribution is 2.26. The van der Waals surface area contributed by atoms with Gasteiger partial charge in [-0.1, -0.05) is 6.07 Å². The van der Waals surface area contributed by atoms with Gasteiger partial charge < -0.3 is 14.1 Å². The van der Waals surface area contributed by atoms with Gasteiger partial charge in [-0.15, -0.1) is 21.5 Å². The summed E-state index contributed by atoms with van der Waals surface area (Å²) in [6.07, 6.45) is -0.334. The van der Waals surface area contributed by atoms with E-state index in [-0.39, 0.29) is 17.9 Å². The number of carbonyl (C=O) groups excluding carboxylic acids is 1. The topological polar surface area (TPSA) is 68.5 Å². The summed E-state index contributed by atoms with van der Waals surface area (Å²) < 4.78 is 11.0. The van der Waals surface area contributed by atoms with Crippen LogP contribution in [0.5, 0.6) is 0 Å². The summed E-state index contributed by atoms with van der Waals surface area (Å²) in [5, 5.41) is 9.78. The second-order valence-corrected chi connectivity index (χ2v) is 6.02. The van der Waals surface area contributed by atoms with Crippen LogP contribution in [0.15, 0.2) is 21.9 Å². The van der Waals surface area contributed by atoms with Crippen LogP contribution in [0.1, 0.15) is 35.6 Å². The molecule has 0 bridgehead atoms. The summed E-state index contributed by atoms with van der Waals surface area (Å²) in [5.74, 6) is 0.924. The highest BCUT2D eigenvalue weighted by Gasteiger charge is 2.31. The SMILES string of the molecule is Cc1nnc(C2CN(C(=O)C(C)c3cccs3)CCO2)o1. The number of aromatic nitrogens is 2. The van der Waals surface area contributed by atoms with Gasteiger partial charge in [-0.2, -0.15) is 0 Å². The molecule has 1 fully saturated rings. The molecule has 0 radical (unpaired) electrons. The number of hydrogen-bond donors (Lipinski definition) is 0. The van der Waals surface area contributed by atoms with E-state index in [9.17, 15) is 4.79 Å². The molecule has 2 aromatic rings. The van der Waals surface area contributed by atoms with Crippen molar-refractivity contribution in [2.45, 2.75) is 25.9 Å². The number of aryl methyl sites for hydroxylation is 1. The Morgan fingerprint density at radius 1 is 1.52 bits per heavy atom. The molecule has 7 heteroatoms. The van der Waals surface area contributed by atoms with E-state index in [1.54, 1.807) is 18.3 Å². The minimum absolute atomic E-state index is 0.113. The fraction of sp³-hybridized carbons (Fsp3) is 0.500. The average Bonchev–Trinajstić information content (AvgIpc) is 3.17. The average molecular weight is 307 g/mol. The van der Waals surface area contributed by atoms with E-state index in [4.69, 9.17) is 9.15 Å². The molecule has 21 heavy (non-hydrogen) atoms. The Kier molecular flexibility index (Phi) is 4.03. The lowest BCUT2D eigenvalue weighted by Gasteiger charge is -2.32. The zero-order valence-corrected chi connectivity index (χ0v) is 12.8. The van der Waals surface area contributed by atoms with E-state index < -0.39 is 0 Å². The first-order valence-electron chi connectivity index (χ1n) is 6.89. The van der Waals surface area contributed by atoms with Gasteiger partial charge in [0, 0.05) is 18.3 Å². The van der Waals surface area contributed by atoms with Gasteiger partial charge in [0.25, 0.3) is 0 Å².